The summed E-state index contributed by atoms with van der Waals surface area (Å²) in [6.07, 6.45) is 3.28. The number of primary sulfonamides is 1. The summed E-state index contributed by atoms with van der Waals surface area (Å²) >= 11 is 1.80. The van der Waals surface area contributed by atoms with Crippen LogP contribution >= 0.6 is 35.3 Å². The van der Waals surface area contributed by atoms with Crippen LogP contribution in [0.25, 0.3) is 0 Å². The van der Waals surface area contributed by atoms with Crippen LogP contribution in [0.5, 0.6) is 0 Å². The fourth-order valence-electron chi connectivity index (χ4n) is 3.53. The maximum Gasteiger partial charge on any atom is 0.238 e. The van der Waals surface area contributed by atoms with Crippen LogP contribution in [-0.4, -0.2) is 52.5 Å². The second-order valence-corrected chi connectivity index (χ2v) is 9.63. The molecule has 1 fully saturated rings. The van der Waals surface area contributed by atoms with Crippen molar-refractivity contribution in [1.82, 2.24) is 15.5 Å². The zero-order valence-electron chi connectivity index (χ0n) is 17.1. The number of hydrogen-bond donors (Lipinski definition) is 3. The molecular formula is C20H30IN5O2S2. The maximum absolute atomic E-state index is 11.3. The van der Waals surface area contributed by atoms with Gasteiger partial charge in [0, 0.05) is 25.0 Å². The molecule has 1 aromatic heterocycles. The van der Waals surface area contributed by atoms with Gasteiger partial charge in [0.15, 0.2) is 5.96 Å². The van der Waals surface area contributed by atoms with Gasteiger partial charge in [-0.1, -0.05) is 18.2 Å². The third kappa shape index (κ3) is 7.19. The number of hydrogen-bond acceptors (Lipinski definition) is 5. The first-order chi connectivity index (χ1) is 14.0. The highest BCUT2D eigenvalue weighted by molar-refractivity contribution is 14.0. The van der Waals surface area contributed by atoms with Crippen LogP contribution in [-0.2, 0) is 16.4 Å². The van der Waals surface area contributed by atoms with E-state index >= 15 is 0 Å². The molecule has 1 unspecified atom stereocenters. The van der Waals surface area contributed by atoms with E-state index in [9.17, 15) is 8.42 Å². The summed E-state index contributed by atoms with van der Waals surface area (Å²) in [6, 6.07) is 11.3. The van der Waals surface area contributed by atoms with Gasteiger partial charge in [-0.3, -0.25) is 9.89 Å². The number of rotatable bonds is 8. The van der Waals surface area contributed by atoms with Crippen molar-refractivity contribution in [2.24, 2.45) is 10.1 Å². The number of nitrogens with two attached hydrogens (primary N) is 1. The first-order valence-electron chi connectivity index (χ1n) is 9.81. The molecule has 4 N–H and O–H groups in total. The molecule has 166 valence electrons. The summed E-state index contributed by atoms with van der Waals surface area (Å²) in [4.78, 5) is 8.38. The predicted octanol–water partition coefficient (Wildman–Crippen LogP) is 2.56. The van der Waals surface area contributed by atoms with E-state index in [-0.39, 0.29) is 28.9 Å². The molecule has 30 heavy (non-hydrogen) atoms. The summed E-state index contributed by atoms with van der Waals surface area (Å²) in [5.41, 5.74) is 1.04. The van der Waals surface area contributed by atoms with E-state index in [2.05, 4.69) is 38.0 Å². The number of guanidine groups is 1. The van der Waals surface area contributed by atoms with Gasteiger partial charge >= 0.3 is 0 Å². The van der Waals surface area contributed by atoms with Gasteiger partial charge in [-0.2, -0.15) is 0 Å². The molecule has 0 spiro atoms. The first-order valence-corrected chi connectivity index (χ1v) is 12.2. The highest BCUT2D eigenvalue weighted by atomic mass is 127. The lowest BCUT2D eigenvalue weighted by Crippen LogP contribution is -2.43. The van der Waals surface area contributed by atoms with Crippen LogP contribution in [0.15, 0.2) is 51.7 Å². The molecule has 0 saturated carbocycles. The van der Waals surface area contributed by atoms with Crippen molar-refractivity contribution >= 4 is 51.3 Å². The zero-order chi connectivity index (χ0) is 20.7. The molecule has 10 heteroatoms. The third-order valence-corrected chi connectivity index (χ3v) is 7.00. The van der Waals surface area contributed by atoms with E-state index in [0.29, 0.717) is 12.6 Å². The van der Waals surface area contributed by atoms with E-state index in [0.717, 1.165) is 37.6 Å². The molecular weight excluding hydrogens is 533 g/mol. The number of benzene rings is 1. The minimum absolute atomic E-state index is 0. The lowest BCUT2D eigenvalue weighted by atomic mass is 10.1. The van der Waals surface area contributed by atoms with E-state index in [1.807, 2.05) is 0 Å². The minimum Gasteiger partial charge on any atom is -0.356 e. The van der Waals surface area contributed by atoms with Crippen LogP contribution in [0, 0.1) is 0 Å². The SMILES string of the molecule is CN=C(NCCc1ccc(S(N)(=O)=O)cc1)NCC(c1cccs1)N1CCCC1.I. The van der Waals surface area contributed by atoms with Gasteiger partial charge < -0.3 is 10.6 Å². The quantitative estimate of drug-likeness (QED) is 0.261. The topological polar surface area (TPSA) is 99.8 Å². The summed E-state index contributed by atoms with van der Waals surface area (Å²) in [5.74, 6) is 0.770. The Balaban J connectivity index is 0.00000320. The number of sulfonamides is 1. The summed E-state index contributed by atoms with van der Waals surface area (Å²) < 4.78 is 22.7. The highest BCUT2D eigenvalue weighted by Gasteiger charge is 2.24. The van der Waals surface area contributed by atoms with E-state index < -0.39 is 10.0 Å². The van der Waals surface area contributed by atoms with Crippen molar-refractivity contribution in [2.75, 3.05) is 33.2 Å². The predicted molar refractivity (Wildman–Crippen MR) is 134 cm³/mol. The molecule has 1 atom stereocenters. The Hall–Kier alpha value is -1.21. The van der Waals surface area contributed by atoms with Crippen LogP contribution in [0.3, 0.4) is 0 Å². The first kappa shape index (κ1) is 25.1. The number of halogens is 1. The molecule has 3 rings (SSSR count). The van der Waals surface area contributed by atoms with E-state index in [4.69, 9.17) is 5.14 Å². The second-order valence-electron chi connectivity index (χ2n) is 7.09. The number of likely N-dealkylation sites (tertiary alicyclic amines) is 1. The van der Waals surface area contributed by atoms with E-state index in [1.165, 1.54) is 17.7 Å². The summed E-state index contributed by atoms with van der Waals surface area (Å²) in [7, 11) is -1.88. The summed E-state index contributed by atoms with van der Waals surface area (Å²) in [6.45, 7) is 3.79. The standard InChI is InChI=1S/C20H29N5O2S2.HI/c1-22-20(23-11-10-16-6-8-17(9-7-16)29(21,26)27)24-15-18(19-5-4-14-28-19)25-12-2-3-13-25;/h4-9,14,18H,2-3,10-13,15H2,1H3,(H2,21,26,27)(H2,22,23,24);1H. The average Bonchev–Trinajstić information content (AvgIpc) is 3.41. The largest absolute Gasteiger partial charge is 0.356 e. The van der Waals surface area contributed by atoms with Crippen molar-refractivity contribution in [2.45, 2.75) is 30.2 Å². The highest BCUT2D eigenvalue weighted by Crippen LogP contribution is 2.27. The van der Waals surface area contributed by atoms with Crippen molar-refractivity contribution in [3.63, 3.8) is 0 Å². The van der Waals surface area contributed by atoms with Crippen molar-refractivity contribution in [1.29, 1.82) is 0 Å². The Morgan fingerprint density at radius 1 is 1.20 bits per heavy atom. The fourth-order valence-corrected chi connectivity index (χ4v) is 4.91. The van der Waals surface area contributed by atoms with Crippen molar-refractivity contribution < 1.29 is 8.42 Å². The Bertz CT molecular complexity index is 896. The fraction of sp³-hybridized carbons (Fsp3) is 0.450. The molecule has 7 nitrogen and oxygen atoms in total. The van der Waals surface area contributed by atoms with Crippen LogP contribution in [0.2, 0.25) is 0 Å². The van der Waals surface area contributed by atoms with Gasteiger partial charge in [0.05, 0.1) is 10.9 Å². The Morgan fingerprint density at radius 3 is 2.47 bits per heavy atom. The molecule has 2 heterocycles. The van der Waals surface area contributed by atoms with Gasteiger partial charge in [0.25, 0.3) is 0 Å². The summed E-state index contributed by atoms with van der Waals surface area (Å²) in [5, 5.41) is 14.1. The Morgan fingerprint density at radius 2 is 1.90 bits per heavy atom. The number of nitrogens with zero attached hydrogens (tertiary/aromatic N) is 2. The molecule has 2 aromatic rings. The molecule has 1 aromatic carbocycles. The van der Waals surface area contributed by atoms with E-state index in [1.54, 1.807) is 42.6 Å². The Labute approximate surface area is 200 Å². The Kier molecular flexibility index (Phi) is 10.0. The normalized spacial score (nSPS) is 16.1. The van der Waals surface area contributed by atoms with Crippen LogP contribution in [0.1, 0.15) is 29.3 Å². The molecule has 0 bridgehead atoms. The van der Waals surface area contributed by atoms with Gasteiger partial charge in [-0.25, -0.2) is 13.6 Å². The number of aliphatic imine (C=N–C) groups is 1. The molecule has 0 amide bonds. The number of thiophene rings is 1. The van der Waals surface area contributed by atoms with Crippen LogP contribution < -0.4 is 15.8 Å². The zero-order valence-corrected chi connectivity index (χ0v) is 21.0. The maximum atomic E-state index is 11.3. The lowest BCUT2D eigenvalue weighted by molar-refractivity contribution is 0.249. The van der Waals surface area contributed by atoms with Gasteiger partial charge in [0.2, 0.25) is 10.0 Å². The van der Waals surface area contributed by atoms with Gasteiger partial charge in [-0.15, -0.1) is 35.3 Å². The lowest BCUT2D eigenvalue weighted by Gasteiger charge is -2.27. The monoisotopic (exact) mass is 563 g/mol. The number of nitrogens with one attached hydrogen (secondary N) is 2. The third-order valence-electron chi connectivity index (χ3n) is 5.10. The molecule has 1 aliphatic rings. The minimum atomic E-state index is -3.65. The average molecular weight is 564 g/mol. The second kappa shape index (κ2) is 12.0. The van der Waals surface area contributed by atoms with Gasteiger partial charge in [0.1, 0.15) is 0 Å². The smallest absolute Gasteiger partial charge is 0.238 e. The molecule has 0 radical (unpaired) electrons. The molecule has 1 saturated heterocycles. The van der Waals surface area contributed by atoms with Crippen molar-refractivity contribution in [3.8, 4) is 0 Å². The molecule has 0 aliphatic carbocycles. The van der Waals surface area contributed by atoms with Crippen LogP contribution in [0.4, 0.5) is 0 Å². The van der Waals surface area contributed by atoms with Gasteiger partial charge in [-0.05, 0) is 61.5 Å². The van der Waals surface area contributed by atoms with Crippen molar-refractivity contribution in [3.05, 3.63) is 52.2 Å². The molecule has 1 aliphatic heterocycles.